The van der Waals surface area contributed by atoms with Crippen LogP contribution in [-0.4, -0.2) is 25.6 Å². The van der Waals surface area contributed by atoms with Crippen molar-refractivity contribution in [3.8, 4) is 23.2 Å². The van der Waals surface area contributed by atoms with Crippen LogP contribution >= 0.6 is 0 Å². The second-order valence-electron chi connectivity index (χ2n) is 11.8. The maximum atomic E-state index is 15.7. The van der Waals surface area contributed by atoms with Gasteiger partial charge >= 0.3 is 5.97 Å². The van der Waals surface area contributed by atoms with Gasteiger partial charge in [0.2, 0.25) is 5.88 Å². The number of ether oxygens (including phenoxy) is 1. The molecule has 2 heterocycles. The van der Waals surface area contributed by atoms with E-state index in [0.717, 1.165) is 50.3 Å². The van der Waals surface area contributed by atoms with Gasteiger partial charge in [0.25, 0.3) is 0 Å². The standard InChI is InChI=1S/C35H27F3N4O3/c36-25-13-20(18-39)6-7-22(25)19-45-33-5-1-3-28(41-33)24-17-26(37)23(14-27(24)38)16-32-40-29-9-8-21(34(43)44)15-30(29)42(32)31-4-2-10-35(31)11-12-35/h1,3,5-9,13-15,17,31H,2,4,10-12,16,19H2,(H,43,44). The molecular formula is C35H27F3N4O3. The molecule has 1 N–H and O–H groups in total. The SMILES string of the molecule is N#Cc1ccc(COc2cccc(-c3cc(F)c(Cc4nc5ccc(C(=O)O)cc5n4C4CCCC45CC5)cc3F)n2)c(F)c1. The van der Waals surface area contributed by atoms with E-state index in [4.69, 9.17) is 15.0 Å². The number of carboxylic acids is 1. The summed E-state index contributed by atoms with van der Waals surface area (Å²) in [4.78, 5) is 20.8. The van der Waals surface area contributed by atoms with Crippen molar-refractivity contribution in [1.82, 2.24) is 14.5 Å². The third-order valence-electron chi connectivity index (χ3n) is 9.11. The number of aromatic nitrogens is 3. The lowest BCUT2D eigenvalue weighted by Gasteiger charge is -2.24. The fourth-order valence-corrected chi connectivity index (χ4v) is 6.64. The summed E-state index contributed by atoms with van der Waals surface area (Å²) in [6.07, 6.45) is 5.27. The maximum Gasteiger partial charge on any atom is 0.335 e. The van der Waals surface area contributed by atoms with E-state index in [0.29, 0.717) is 16.9 Å². The van der Waals surface area contributed by atoms with Crippen LogP contribution in [0, 0.1) is 34.2 Å². The number of imidazole rings is 1. The lowest BCUT2D eigenvalue weighted by Crippen LogP contribution is -2.18. The number of hydrogen-bond donors (Lipinski definition) is 1. The second-order valence-corrected chi connectivity index (χ2v) is 11.8. The zero-order valence-corrected chi connectivity index (χ0v) is 24.1. The number of aromatic carboxylic acids is 1. The van der Waals surface area contributed by atoms with Crippen molar-refractivity contribution in [2.24, 2.45) is 5.41 Å². The van der Waals surface area contributed by atoms with Gasteiger partial charge in [0.1, 0.15) is 29.9 Å². The number of rotatable bonds is 8. The van der Waals surface area contributed by atoms with Gasteiger partial charge in [-0.05, 0) is 85.2 Å². The van der Waals surface area contributed by atoms with E-state index in [9.17, 15) is 14.3 Å². The monoisotopic (exact) mass is 608 g/mol. The number of carboxylic acid groups (broad SMARTS) is 1. The van der Waals surface area contributed by atoms with Crippen LogP contribution in [0.4, 0.5) is 13.2 Å². The maximum absolute atomic E-state index is 15.7. The highest BCUT2D eigenvalue weighted by atomic mass is 19.1. The Bertz CT molecular complexity index is 2030. The third kappa shape index (κ3) is 5.29. The van der Waals surface area contributed by atoms with E-state index in [-0.39, 0.29) is 63.9 Å². The summed E-state index contributed by atoms with van der Waals surface area (Å²) >= 11 is 0. The highest BCUT2D eigenvalue weighted by molar-refractivity contribution is 5.92. The molecule has 2 aromatic heterocycles. The Morgan fingerprint density at radius 2 is 1.80 bits per heavy atom. The minimum absolute atomic E-state index is 0.0272. The molecule has 10 heteroatoms. The minimum Gasteiger partial charge on any atom is -0.478 e. The number of nitrogens with zero attached hydrogens (tertiary/aromatic N) is 4. The van der Waals surface area contributed by atoms with Gasteiger partial charge in [0.05, 0.1) is 33.9 Å². The summed E-state index contributed by atoms with van der Waals surface area (Å²) in [6.45, 7) is -0.166. The van der Waals surface area contributed by atoms with Crippen LogP contribution in [0.15, 0.2) is 66.7 Å². The molecule has 7 nitrogen and oxygen atoms in total. The molecule has 0 bridgehead atoms. The Kier molecular flexibility index (Phi) is 7.04. The fraction of sp³-hybridized carbons (Fsp3) is 0.257. The number of benzene rings is 3. The normalized spacial score (nSPS) is 16.6. The molecule has 2 aliphatic carbocycles. The summed E-state index contributed by atoms with van der Waals surface area (Å²) in [5.74, 6) is -2.27. The number of fused-ring (bicyclic) bond motifs is 1. The highest BCUT2D eigenvalue weighted by Gasteiger charge is 2.53. The van der Waals surface area contributed by atoms with Gasteiger partial charge in [-0.3, -0.25) is 0 Å². The van der Waals surface area contributed by atoms with Crippen LogP contribution in [0.1, 0.15) is 71.0 Å². The number of carbonyl (C=O) groups is 1. The molecule has 3 aromatic carbocycles. The van der Waals surface area contributed by atoms with Crippen molar-refractivity contribution >= 4 is 17.0 Å². The Morgan fingerprint density at radius 3 is 2.56 bits per heavy atom. The molecule has 1 unspecified atom stereocenters. The smallest absolute Gasteiger partial charge is 0.335 e. The number of halogens is 3. The second kappa shape index (κ2) is 11.1. The van der Waals surface area contributed by atoms with Crippen LogP contribution in [0.2, 0.25) is 0 Å². The lowest BCUT2D eigenvalue weighted by molar-refractivity contribution is 0.0697. The summed E-state index contributed by atoms with van der Waals surface area (Å²) in [5.41, 5.74) is 2.24. The quantitative estimate of drug-likeness (QED) is 0.193. The first-order chi connectivity index (χ1) is 21.7. The third-order valence-corrected chi connectivity index (χ3v) is 9.11. The zero-order chi connectivity index (χ0) is 31.3. The lowest BCUT2D eigenvalue weighted by atomic mass is 9.99. The Morgan fingerprint density at radius 1 is 0.978 bits per heavy atom. The van der Waals surface area contributed by atoms with E-state index in [2.05, 4.69) is 9.55 Å². The topological polar surface area (TPSA) is 101 Å². The number of hydrogen-bond acceptors (Lipinski definition) is 5. The molecule has 7 rings (SSSR count). The zero-order valence-electron chi connectivity index (χ0n) is 24.1. The van der Waals surface area contributed by atoms with Crippen molar-refractivity contribution in [3.05, 3.63) is 112 Å². The van der Waals surface area contributed by atoms with Crippen molar-refractivity contribution in [3.63, 3.8) is 0 Å². The first-order valence-electron chi connectivity index (χ1n) is 14.8. The van der Waals surface area contributed by atoms with Crippen molar-refractivity contribution in [2.75, 3.05) is 0 Å². The molecule has 226 valence electrons. The van der Waals surface area contributed by atoms with E-state index >= 15 is 8.78 Å². The average Bonchev–Trinajstić information content (AvgIpc) is 3.57. The van der Waals surface area contributed by atoms with Crippen LogP contribution in [0.3, 0.4) is 0 Å². The van der Waals surface area contributed by atoms with Crippen molar-refractivity contribution in [2.45, 2.75) is 51.2 Å². The molecule has 0 radical (unpaired) electrons. The largest absolute Gasteiger partial charge is 0.478 e. The summed E-state index contributed by atoms with van der Waals surface area (Å²) in [7, 11) is 0. The van der Waals surface area contributed by atoms with Gasteiger partial charge in [-0.25, -0.2) is 27.9 Å². The van der Waals surface area contributed by atoms with E-state index in [1.54, 1.807) is 18.2 Å². The van der Waals surface area contributed by atoms with E-state index in [1.165, 1.54) is 30.3 Å². The molecule has 2 saturated carbocycles. The van der Waals surface area contributed by atoms with E-state index in [1.807, 2.05) is 6.07 Å². The molecule has 1 spiro atoms. The fourth-order valence-electron chi connectivity index (χ4n) is 6.64. The predicted molar refractivity (Wildman–Crippen MR) is 159 cm³/mol. The summed E-state index contributed by atoms with van der Waals surface area (Å²) in [6, 6.07) is 17.7. The first-order valence-corrected chi connectivity index (χ1v) is 14.8. The average molecular weight is 609 g/mol. The van der Waals surface area contributed by atoms with Gasteiger partial charge in [0.15, 0.2) is 0 Å². The molecule has 5 aromatic rings. The van der Waals surface area contributed by atoms with Gasteiger partial charge in [-0.1, -0.05) is 18.6 Å². The number of nitriles is 1. The number of pyridine rings is 1. The van der Waals surface area contributed by atoms with Crippen LogP contribution < -0.4 is 4.74 Å². The Hall–Kier alpha value is -5.17. The van der Waals surface area contributed by atoms with E-state index < -0.39 is 23.4 Å². The molecule has 2 aliphatic rings. The summed E-state index contributed by atoms with van der Waals surface area (Å²) in [5, 5.41) is 18.5. The Balaban J connectivity index is 1.18. The molecule has 45 heavy (non-hydrogen) atoms. The molecule has 0 amide bonds. The van der Waals surface area contributed by atoms with Crippen LogP contribution in [-0.2, 0) is 13.0 Å². The van der Waals surface area contributed by atoms with Gasteiger partial charge in [0, 0.05) is 29.7 Å². The molecular weight excluding hydrogens is 581 g/mol. The molecule has 0 aliphatic heterocycles. The van der Waals surface area contributed by atoms with Crippen LogP contribution in [0.5, 0.6) is 5.88 Å². The first kappa shape index (κ1) is 28.6. The van der Waals surface area contributed by atoms with Gasteiger partial charge < -0.3 is 14.4 Å². The molecule has 2 fully saturated rings. The Labute approximate surface area is 256 Å². The highest BCUT2D eigenvalue weighted by Crippen LogP contribution is 2.64. The molecule has 1 atom stereocenters. The summed E-state index contributed by atoms with van der Waals surface area (Å²) < 4.78 is 53.2. The van der Waals surface area contributed by atoms with Crippen molar-refractivity contribution in [1.29, 1.82) is 5.26 Å². The van der Waals surface area contributed by atoms with Crippen molar-refractivity contribution < 1.29 is 27.8 Å². The molecule has 0 saturated heterocycles. The van der Waals surface area contributed by atoms with Crippen LogP contribution in [0.25, 0.3) is 22.3 Å². The minimum atomic E-state index is -1.04. The predicted octanol–water partition coefficient (Wildman–Crippen LogP) is 7.76. The van der Waals surface area contributed by atoms with Gasteiger partial charge in [-0.15, -0.1) is 0 Å². The van der Waals surface area contributed by atoms with Gasteiger partial charge in [-0.2, -0.15) is 5.26 Å².